The zero-order valence-electron chi connectivity index (χ0n) is 10.5. The summed E-state index contributed by atoms with van der Waals surface area (Å²) in [5, 5.41) is 3.34. The highest BCUT2D eigenvalue weighted by Crippen LogP contribution is 2.38. The van der Waals surface area contributed by atoms with Crippen molar-refractivity contribution in [2.24, 2.45) is 11.8 Å². The molecule has 88 valence electrons. The summed E-state index contributed by atoms with van der Waals surface area (Å²) in [6.07, 6.45) is 5.77. The maximum Gasteiger partial charge on any atom is 0.00818 e. The lowest BCUT2D eigenvalue weighted by molar-refractivity contribution is 0.216. The van der Waals surface area contributed by atoms with Crippen LogP contribution in [0.1, 0.15) is 39.5 Å². The molecule has 2 rings (SSSR count). The van der Waals surface area contributed by atoms with Crippen LogP contribution in [0.4, 0.5) is 0 Å². The number of fused-ring (bicyclic) bond motifs is 1. The highest BCUT2D eigenvalue weighted by Gasteiger charge is 2.37. The van der Waals surface area contributed by atoms with Crippen LogP contribution in [0.25, 0.3) is 0 Å². The first kappa shape index (κ1) is 11.4. The van der Waals surface area contributed by atoms with E-state index < -0.39 is 0 Å². The SMILES string of the molecule is CNC(C)CC(C)N1CC2CCCC2C1. The molecular formula is C13H26N2. The molecule has 0 amide bonds. The Labute approximate surface area is 94.4 Å². The van der Waals surface area contributed by atoms with Crippen LogP contribution < -0.4 is 5.32 Å². The van der Waals surface area contributed by atoms with Crippen molar-refractivity contribution in [1.82, 2.24) is 10.2 Å². The molecule has 0 aromatic rings. The number of likely N-dealkylation sites (tertiary alicyclic amines) is 1. The van der Waals surface area contributed by atoms with E-state index in [1.165, 1.54) is 38.8 Å². The normalized spacial score (nSPS) is 35.4. The summed E-state index contributed by atoms with van der Waals surface area (Å²) < 4.78 is 0. The highest BCUT2D eigenvalue weighted by molar-refractivity contribution is 4.90. The van der Waals surface area contributed by atoms with Gasteiger partial charge >= 0.3 is 0 Å². The fraction of sp³-hybridized carbons (Fsp3) is 1.00. The molecule has 0 spiro atoms. The summed E-state index contributed by atoms with van der Waals surface area (Å²) in [5.41, 5.74) is 0. The van der Waals surface area contributed by atoms with Gasteiger partial charge in [-0.25, -0.2) is 0 Å². The fourth-order valence-corrected chi connectivity index (χ4v) is 3.41. The first-order chi connectivity index (χ1) is 7.20. The Kier molecular flexibility index (Phi) is 3.68. The lowest BCUT2D eigenvalue weighted by Gasteiger charge is -2.27. The molecule has 1 heterocycles. The van der Waals surface area contributed by atoms with E-state index in [1.54, 1.807) is 0 Å². The molecule has 1 aliphatic heterocycles. The van der Waals surface area contributed by atoms with Crippen molar-refractivity contribution in [2.75, 3.05) is 20.1 Å². The summed E-state index contributed by atoms with van der Waals surface area (Å²) in [6.45, 7) is 7.44. The van der Waals surface area contributed by atoms with Gasteiger partial charge in [-0.3, -0.25) is 0 Å². The predicted molar refractivity (Wildman–Crippen MR) is 65.0 cm³/mol. The van der Waals surface area contributed by atoms with Gasteiger partial charge in [-0.05, 0) is 52.0 Å². The average molecular weight is 210 g/mol. The van der Waals surface area contributed by atoms with Crippen molar-refractivity contribution in [2.45, 2.75) is 51.6 Å². The van der Waals surface area contributed by atoms with Crippen molar-refractivity contribution in [3.8, 4) is 0 Å². The Morgan fingerprint density at radius 1 is 1.20 bits per heavy atom. The highest BCUT2D eigenvalue weighted by atomic mass is 15.2. The summed E-state index contributed by atoms with van der Waals surface area (Å²) in [7, 11) is 2.07. The van der Waals surface area contributed by atoms with Gasteiger partial charge < -0.3 is 10.2 Å². The number of hydrogen-bond donors (Lipinski definition) is 1. The molecule has 0 bridgehead atoms. The molecule has 4 unspecified atom stereocenters. The van der Waals surface area contributed by atoms with Gasteiger partial charge in [0.05, 0.1) is 0 Å². The van der Waals surface area contributed by atoms with Crippen LogP contribution in [0.3, 0.4) is 0 Å². The maximum absolute atomic E-state index is 3.34. The third-order valence-corrected chi connectivity index (χ3v) is 4.57. The Bertz CT molecular complexity index is 193. The van der Waals surface area contributed by atoms with Crippen LogP contribution in [0.2, 0.25) is 0 Å². The van der Waals surface area contributed by atoms with Crippen LogP contribution >= 0.6 is 0 Å². The zero-order chi connectivity index (χ0) is 10.8. The van der Waals surface area contributed by atoms with Gasteiger partial charge in [0.15, 0.2) is 0 Å². The van der Waals surface area contributed by atoms with E-state index in [-0.39, 0.29) is 0 Å². The smallest absolute Gasteiger partial charge is 0.00818 e. The van der Waals surface area contributed by atoms with E-state index in [0.717, 1.165) is 17.9 Å². The minimum atomic E-state index is 0.653. The molecule has 0 radical (unpaired) electrons. The lowest BCUT2D eigenvalue weighted by Crippen LogP contribution is -2.37. The molecular weight excluding hydrogens is 184 g/mol. The minimum Gasteiger partial charge on any atom is -0.317 e. The third kappa shape index (κ3) is 2.54. The van der Waals surface area contributed by atoms with Crippen LogP contribution in [-0.2, 0) is 0 Å². The van der Waals surface area contributed by atoms with Gasteiger partial charge in [-0.15, -0.1) is 0 Å². The van der Waals surface area contributed by atoms with E-state index in [1.807, 2.05) is 0 Å². The monoisotopic (exact) mass is 210 g/mol. The van der Waals surface area contributed by atoms with Gasteiger partial charge in [0, 0.05) is 25.2 Å². The molecule has 1 saturated heterocycles. The summed E-state index contributed by atoms with van der Waals surface area (Å²) in [5.74, 6) is 2.08. The number of rotatable bonds is 4. The molecule has 1 saturated carbocycles. The molecule has 1 N–H and O–H groups in total. The van der Waals surface area contributed by atoms with Gasteiger partial charge in [-0.2, -0.15) is 0 Å². The number of nitrogens with zero attached hydrogens (tertiary/aromatic N) is 1. The van der Waals surface area contributed by atoms with E-state index in [4.69, 9.17) is 0 Å². The topological polar surface area (TPSA) is 15.3 Å². The molecule has 4 atom stereocenters. The summed E-state index contributed by atoms with van der Waals surface area (Å²) in [6, 6.07) is 1.42. The maximum atomic E-state index is 3.34. The van der Waals surface area contributed by atoms with Gasteiger partial charge in [0.1, 0.15) is 0 Å². The van der Waals surface area contributed by atoms with Crippen molar-refractivity contribution >= 4 is 0 Å². The van der Waals surface area contributed by atoms with Crippen LogP contribution in [0.5, 0.6) is 0 Å². The third-order valence-electron chi connectivity index (χ3n) is 4.57. The van der Waals surface area contributed by atoms with Gasteiger partial charge in [0.2, 0.25) is 0 Å². The van der Waals surface area contributed by atoms with E-state index >= 15 is 0 Å². The van der Waals surface area contributed by atoms with E-state index in [9.17, 15) is 0 Å². The lowest BCUT2D eigenvalue weighted by atomic mass is 10.0. The predicted octanol–water partition coefficient (Wildman–Crippen LogP) is 2.10. The fourth-order valence-electron chi connectivity index (χ4n) is 3.41. The standard InChI is InChI=1S/C13H26N2/c1-10(14-3)7-11(2)15-8-12-5-4-6-13(12)9-15/h10-14H,4-9H2,1-3H3. The Morgan fingerprint density at radius 3 is 2.33 bits per heavy atom. The van der Waals surface area contributed by atoms with Gasteiger partial charge in [0.25, 0.3) is 0 Å². The zero-order valence-corrected chi connectivity index (χ0v) is 10.5. The number of hydrogen-bond acceptors (Lipinski definition) is 2. The van der Waals surface area contributed by atoms with E-state index in [0.29, 0.717) is 6.04 Å². The van der Waals surface area contributed by atoms with Crippen molar-refractivity contribution in [3.05, 3.63) is 0 Å². The molecule has 2 heteroatoms. The largest absolute Gasteiger partial charge is 0.317 e. The van der Waals surface area contributed by atoms with Crippen LogP contribution in [0, 0.1) is 11.8 Å². The first-order valence-electron chi connectivity index (χ1n) is 6.62. The molecule has 1 aliphatic carbocycles. The second-order valence-corrected chi connectivity index (χ2v) is 5.68. The number of nitrogens with one attached hydrogen (secondary N) is 1. The molecule has 15 heavy (non-hydrogen) atoms. The van der Waals surface area contributed by atoms with Crippen LogP contribution in [0.15, 0.2) is 0 Å². The first-order valence-corrected chi connectivity index (χ1v) is 6.62. The Hall–Kier alpha value is -0.0800. The molecule has 0 aromatic carbocycles. The second kappa shape index (κ2) is 4.84. The molecule has 0 aromatic heterocycles. The Morgan fingerprint density at radius 2 is 1.80 bits per heavy atom. The van der Waals surface area contributed by atoms with Gasteiger partial charge in [-0.1, -0.05) is 6.42 Å². The van der Waals surface area contributed by atoms with Crippen molar-refractivity contribution < 1.29 is 0 Å². The molecule has 2 fully saturated rings. The average Bonchev–Trinajstić information content (AvgIpc) is 2.76. The van der Waals surface area contributed by atoms with Crippen molar-refractivity contribution in [3.63, 3.8) is 0 Å². The second-order valence-electron chi connectivity index (χ2n) is 5.68. The quantitative estimate of drug-likeness (QED) is 0.764. The minimum absolute atomic E-state index is 0.653. The van der Waals surface area contributed by atoms with Crippen LogP contribution in [-0.4, -0.2) is 37.1 Å². The van der Waals surface area contributed by atoms with Crippen molar-refractivity contribution in [1.29, 1.82) is 0 Å². The summed E-state index contributed by atoms with van der Waals surface area (Å²) in [4.78, 5) is 2.72. The summed E-state index contributed by atoms with van der Waals surface area (Å²) >= 11 is 0. The molecule has 2 aliphatic rings. The molecule has 2 nitrogen and oxygen atoms in total. The van der Waals surface area contributed by atoms with E-state index in [2.05, 4.69) is 31.1 Å². The Balaban J connectivity index is 1.80.